The van der Waals surface area contributed by atoms with Crippen LogP contribution in [0.4, 0.5) is 10.2 Å². The van der Waals surface area contributed by atoms with Crippen molar-refractivity contribution in [3.8, 4) is 22.6 Å². The summed E-state index contributed by atoms with van der Waals surface area (Å²) in [5.74, 6) is 1.55. The Morgan fingerprint density at radius 1 is 1.10 bits per heavy atom. The highest BCUT2D eigenvalue weighted by Gasteiger charge is 2.48. The Hall–Kier alpha value is -3.03. The average Bonchev–Trinajstić information content (AvgIpc) is 2.73. The van der Waals surface area contributed by atoms with Crippen molar-refractivity contribution in [1.29, 1.82) is 0 Å². The first kappa shape index (κ1) is 19.9. The molecule has 0 saturated carbocycles. The highest BCUT2D eigenvalue weighted by Crippen LogP contribution is 2.43. The van der Waals surface area contributed by atoms with Crippen LogP contribution in [-0.4, -0.2) is 43.3 Å². The molecule has 1 aromatic heterocycles. The molecule has 31 heavy (non-hydrogen) atoms. The van der Waals surface area contributed by atoms with Crippen molar-refractivity contribution >= 4 is 5.82 Å². The molecule has 2 aliphatic heterocycles. The lowest BCUT2D eigenvalue weighted by atomic mass is 9.74. The number of anilines is 1. The molecule has 0 radical (unpaired) electrons. The lowest BCUT2D eigenvalue weighted by Gasteiger charge is -2.56. The normalized spacial score (nSPS) is 17.7. The zero-order chi connectivity index (χ0) is 21.4. The summed E-state index contributed by atoms with van der Waals surface area (Å²) in [6, 6.07) is 12.4. The van der Waals surface area contributed by atoms with E-state index in [1.165, 1.54) is 18.5 Å². The minimum Gasteiger partial charge on any atom is -0.451 e. The van der Waals surface area contributed by atoms with Gasteiger partial charge in [0.15, 0.2) is 11.6 Å². The van der Waals surface area contributed by atoms with Crippen molar-refractivity contribution in [1.82, 2.24) is 15.3 Å². The molecule has 7 heteroatoms. The molecule has 1 atom stereocenters. The molecule has 1 N–H and O–H groups in total. The van der Waals surface area contributed by atoms with Gasteiger partial charge in [-0.15, -0.1) is 0 Å². The number of rotatable bonds is 6. The van der Waals surface area contributed by atoms with Gasteiger partial charge in [0, 0.05) is 44.3 Å². The van der Waals surface area contributed by atoms with Crippen molar-refractivity contribution in [3.05, 3.63) is 66.4 Å². The fourth-order valence-electron chi connectivity index (χ4n) is 4.38. The number of methoxy groups -OCH3 is 1. The summed E-state index contributed by atoms with van der Waals surface area (Å²) in [5.41, 5.74) is 2.86. The van der Waals surface area contributed by atoms with E-state index in [1.807, 2.05) is 31.2 Å². The van der Waals surface area contributed by atoms with Crippen molar-refractivity contribution in [2.45, 2.75) is 13.0 Å². The summed E-state index contributed by atoms with van der Waals surface area (Å²) < 4.78 is 26.1. The van der Waals surface area contributed by atoms with E-state index in [9.17, 15) is 4.39 Å². The van der Waals surface area contributed by atoms with Gasteiger partial charge in [-0.05, 0) is 36.2 Å². The Kier molecular flexibility index (Phi) is 5.08. The number of hydrogen-bond acceptors (Lipinski definition) is 6. The summed E-state index contributed by atoms with van der Waals surface area (Å²) in [6.07, 6.45) is 3.06. The van der Waals surface area contributed by atoms with E-state index in [0.717, 1.165) is 43.1 Å². The zero-order valence-corrected chi connectivity index (χ0v) is 17.6. The van der Waals surface area contributed by atoms with E-state index in [2.05, 4.69) is 20.2 Å². The smallest absolute Gasteiger partial charge is 0.188 e. The Bertz CT molecular complexity index is 1090. The highest BCUT2D eigenvalue weighted by molar-refractivity contribution is 5.74. The molecule has 3 aromatic rings. The third kappa shape index (κ3) is 3.64. The number of aromatic nitrogens is 2. The van der Waals surface area contributed by atoms with Gasteiger partial charge in [0.1, 0.15) is 17.9 Å². The topological polar surface area (TPSA) is 59.5 Å². The fraction of sp³-hybridized carbons (Fsp3) is 0.333. The number of ether oxygens (including phenoxy) is 2. The van der Waals surface area contributed by atoms with Crippen LogP contribution < -0.4 is 15.0 Å². The minimum absolute atomic E-state index is 0.142. The van der Waals surface area contributed by atoms with Gasteiger partial charge in [0.05, 0.1) is 12.3 Å². The Morgan fingerprint density at radius 3 is 2.65 bits per heavy atom. The lowest BCUT2D eigenvalue weighted by Crippen LogP contribution is -2.71. The minimum atomic E-state index is -0.325. The Morgan fingerprint density at radius 2 is 1.90 bits per heavy atom. The van der Waals surface area contributed by atoms with Crippen molar-refractivity contribution in [2.75, 3.05) is 38.2 Å². The highest BCUT2D eigenvalue weighted by atomic mass is 19.1. The molecular weight excluding hydrogens is 395 g/mol. The van der Waals surface area contributed by atoms with Crippen LogP contribution in [0.2, 0.25) is 0 Å². The molecule has 1 unspecified atom stereocenters. The van der Waals surface area contributed by atoms with E-state index < -0.39 is 0 Å². The molecule has 2 fully saturated rings. The summed E-state index contributed by atoms with van der Waals surface area (Å²) in [5, 5.41) is 3.34. The summed E-state index contributed by atoms with van der Waals surface area (Å²) in [7, 11) is 1.66. The molecule has 5 rings (SSSR count). The largest absolute Gasteiger partial charge is 0.451 e. The van der Waals surface area contributed by atoms with Crippen LogP contribution in [0.25, 0.3) is 11.1 Å². The van der Waals surface area contributed by atoms with E-state index in [1.54, 1.807) is 19.4 Å². The first-order chi connectivity index (χ1) is 15.1. The first-order valence-corrected chi connectivity index (χ1v) is 10.4. The van der Waals surface area contributed by atoms with E-state index >= 15 is 0 Å². The van der Waals surface area contributed by atoms with Crippen LogP contribution >= 0.6 is 0 Å². The number of benzene rings is 2. The molecule has 2 saturated heterocycles. The second-order valence-electron chi connectivity index (χ2n) is 8.38. The second kappa shape index (κ2) is 7.90. The number of hydrogen-bond donors (Lipinski definition) is 1. The van der Waals surface area contributed by atoms with Crippen LogP contribution in [0.1, 0.15) is 18.6 Å². The lowest BCUT2D eigenvalue weighted by molar-refractivity contribution is 0.120. The molecule has 6 nitrogen and oxygen atoms in total. The average molecular weight is 420 g/mol. The predicted octanol–water partition coefficient (Wildman–Crippen LogP) is 4.19. The van der Waals surface area contributed by atoms with E-state index in [-0.39, 0.29) is 11.9 Å². The summed E-state index contributed by atoms with van der Waals surface area (Å²) in [6.45, 7) is 5.94. The van der Waals surface area contributed by atoms with Gasteiger partial charge in [0.25, 0.3) is 0 Å². The molecule has 2 aromatic carbocycles. The zero-order valence-electron chi connectivity index (χ0n) is 17.6. The number of nitrogens with zero attached hydrogens (tertiary/aromatic N) is 3. The third-order valence-electron chi connectivity index (χ3n) is 6.21. The quantitative estimate of drug-likeness (QED) is 0.645. The van der Waals surface area contributed by atoms with Gasteiger partial charge in [-0.1, -0.05) is 24.3 Å². The molecule has 160 valence electrons. The molecule has 1 spiro atoms. The first-order valence-electron chi connectivity index (χ1n) is 10.4. The SMILES string of the molecule is COC(C)c1ccccc1-c1cc(F)ccc1Oc1cncnc1N1CC2(CNC2)C1. The second-order valence-corrected chi connectivity index (χ2v) is 8.38. The fourth-order valence-corrected chi connectivity index (χ4v) is 4.38. The van der Waals surface area contributed by atoms with Crippen molar-refractivity contribution < 1.29 is 13.9 Å². The molecule has 2 aliphatic rings. The Balaban J connectivity index is 1.50. The van der Waals surface area contributed by atoms with Crippen molar-refractivity contribution in [2.24, 2.45) is 5.41 Å². The maximum Gasteiger partial charge on any atom is 0.188 e. The number of nitrogens with one attached hydrogen (secondary N) is 1. The van der Waals surface area contributed by atoms with Crippen LogP contribution in [0.5, 0.6) is 11.5 Å². The molecule has 0 bridgehead atoms. The van der Waals surface area contributed by atoms with Crippen LogP contribution in [0, 0.1) is 11.2 Å². The maximum atomic E-state index is 14.3. The molecule has 0 aliphatic carbocycles. The van der Waals surface area contributed by atoms with Crippen LogP contribution in [-0.2, 0) is 4.74 Å². The van der Waals surface area contributed by atoms with Crippen LogP contribution in [0.3, 0.4) is 0 Å². The standard InChI is InChI=1S/C24H25FN4O2/c1-16(30-2)18-5-3-4-6-19(18)20-9-17(25)7-8-21(20)31-22-10-26-15-28-23(22)29-13-24(14-29)11-27-12-24/h3-10,15-16,27H,11-14H2,1-2H3. The number of halogens is 1. The predicted molar refractivity (Wildman–Crippen MR) is 117 cm³/mol. The molecular formula is C24H25FN4O2. The van der Waals surface area contributed by atoms with Gasteiger partial charge >= 0.3 is 0 Å². The van der Waals surface area contributed by atoms with E-state index in [4.69, 9.17) is 9.47 Å². The van der Waals surface area contributed by atoms with Gasteiger partial charge in [-0.2, -0.15) is 0 Å². The summed E-state index contributed by atoms with van der Waals surface area (Å²) >= 11 is 0. The monoisotopic (exact) mass is 420 g/mol. The third-order valence-corrected chi connectivity index (χ3v) is 6.21. The van der Waals surface area contributed by atoms with Gasteiger partial charge in [-0.3, -0.25) is 0 Å². The van der Waals surface area contributed by atoms with Gasteiger partial charge < -0.3 is 19.7 Å². The Labute approximate surface area is 181 Å². The summed E-state index contributed by atoms with van der Waals surface area (Å²) in [4.78, 5) is 10.8. The van der Waals surface area contributed by atoms with Crippen LogP contribution in [0.15, 0.2) is 55.0 Å². The van der Waals surface area contributed by atoms with Gasteiger partial charge in [0.2, 0.25) is 0 Å². The van der Waals surface area contributed by atoms with Gasteiger partial charge in [-0.25, -0.2) is 14.4 Å². The van der Waals surface area contributed by atoms with E-state index in [0.29, 0.717) is 22.5 Å². The molecule has 3 heterocycles. The molecule has 0 amide bonds. The maximum absolute atomic E-state index is 14.3. The van der Waals surface area contributed by atoms with Crippen molar-refractivity contribution in [3.63, 3.8) is 0 Å².